The average molecular weight is 1170 g/mol. The number of ketones is 2. The number of Topliss-reactive ketones (excluding diaryl/α,β-unsaturated/α-hetero) is 2. The monoisotopic (exact) mass is 1170 g/mol. The van der Waals surface area contributed by atoms with Gasteiger partial charge in [0.1, 0.15) is 12.4 Å². The Kier molecular flexibility index (Phi) is 19.6. The highest BCUT2D eigenvalue weighted by atomic mass is 127. The summed E-state index contributed by atoms with van der Waals surface area (Å²) in [5.41, 5.74) is 10.1. The fourth-order valence-electron chi connectivity index (χ4n) is 9.13. The third kappa shape index (κ3) is 13.7. The number of halogens is 1. The smallest absolute Gasteiger partial charge is 0.416 e. The van der Waals surface area contributed by atoms with Gasteiger partial charge in [0.25, 0.3) is 17.7 Å². The molecule has 0 spiro atoms. The van der Waals surface area contributed by atoms with Crippen LogP contribution in [0.25, 0.3) is 0 Å². The largest absolute Gasteiger partial charge is 0.493 e. The van der Waals surface area contributed by atoms with Gasteiger partial charge in [-0.15, -0.1) is 0 Å². The lowest BCUT2D eigenvalue weighted by Crippen LogP contribution is -2.56. The predicted molar refractivity (Wildman–Crippen MR) is 296 cm³/mol. The van der Waals surface area contributed by atoms with E-state index in [1.54, 1.807) is 74.5 Å². The van der Waals surface area contributed by atoms with Crippen LogP contribution < -0.4 is 40.6 Å². The quantitative estimate of drug-likeness (QED) is 0.0233. The van der Waals surface area contributed by atoms with Gasteiger partial charge < -0.3 is 44.5 Å². The number of carbonyl (C=O) groups excluding carboxylic acids is 7. The molecule has 5 N–H and O–H groups in total. The first-order chi connectivity index (χ1) is 37.0. The second-order valence-electron chi connectivity index (χ2n) is 19.2. The number of rotatable bonds is 23. The van der Waals surface area contributed by atoms with Crippen LogP contribution in [0.15, 0.2) is 101 Å². The molecule has 20 nitrogen and oxygen atoms in total. The van der Waals surface area contributed by atoms with E-state index in [0.717, 1.165) is 27.2 Å². The number of ether oxygens (including phenoxy) is 4. The number of aryl methyl sites for hydroxylation is 1. The lowest BCUT2D eigenvalue weighted by Gasteiger charge is -2.31. The molecule has 408 valence electrons. The molecule has 3 aromatic carbocycles. The van der Waals surface area contributed by atoms with Gasteiger partial charge in [-0.05, 0) is 86.4 Å². The first-order valence-electron chi connectivity index (χ1n) is 25.4. The summed E-state index contributed by atoms with van der Waals surface area (Å²) < 4.78 is 24.1. The minimum Gasteiger partial charge on any atom is -0.493 e. The van der Waals surface area contributed by atoms with Crippen molar-refractivity contribution in [3.63, 3.8) is 0 Å². The molecule has 7 rings (SSSR count). The number of aliphatic hydroxyl groups is 1. The Morgan fingerprint density at radius 3 is 2.17 bits per heavy atom. The molecule has 0 bridgehead atoms. The number of benzene rings is 3. The van der Waals surface area contributed by atoms with E-state index >= 15 is 0 Å². The number of alkyl halides is 1. The van der Waals surface area contributed by atoms with Gasteiger partial charge in [0.2, 0.25) is 17.5 Å². The molecule has 4 aliphatic rings. The first-order valence-corrected chi connectivity index (χ1v) is 26.9. The Hall–Kier alpha value is -7.21. The van der Waals surface area contributed by atoms with E-state index in [2.05, 4.69) is 26.5 Å². The Morgan fingerprint density at radius 1 is 0.831 bits per heavy atom. The van der Waals surface area contributed by atoms with E-state index in [1.807, 2.05) is 73.9 Å². The zero-order valence-electron chi connectivity index (χ0n) is 44.1. The van der Waals surface area contributed by atoms with Crippen LogP contribution in [-0.4, -0.2) is 124 Å². The van der Waals surface area contributed by atoms with Crippen LogP contribution in [0.2, 0.25) is 0 Å². The van der Waals surface area contributed by atoms with Crippen molar-refractivity contribution in [1.82, 2.24) is 31.3 Å². The molecule has 4 aliphatic heterocycles. The molecule has 5 amide bonds. The summed E-state index contributed by atoms with van der Waals surface area (Å²) in [6.45, 7) is 10.8. The Bertz CT molecular complexity index is 2920. The van der Waals surface area contributed by atoms with Gasteiger partial charge in [-0.2, -0.15) is 0 Å². The van der Waals surface area contributed by atoms with Crippen LogP contribution in [0.5, 0.6) is 17.2 Å². The van der Waals surface area contributed by atoms with Crippen molar-refractivity contribution < 1.29 is 57.6 Å². The van der Waals surface area contributed by atoms with Gasteiger partial charge in [-0.25, -0.2) is 15.1 Å². The molecule has 0 fully saturated rings. The summed E-state index contributed by atoms with van der Waals surface area (Å²) in [6.07, 6.45) is 11.8. The van der Waals surface area contributed by atoms with Crippen molar-refractivity contribution in [2.24, 2.45) is 10.9 Å². The van der Waals surface area contributed by atoms with Gasteiger partial charge in [0, 0.05) is 43.7 Å². The molecule has 77 heavy (non-hydrogen) atoms. The minimum atomic E-state index is -1.54. The number of aliphatic imine (C=N–C) groups is 1. The number of nitrogens with zero attached hydrogens (tertiary/aromatic N) is 4. The first kappa shape index (κ1) is 57.5. The number of hydrogen-bond acceptors (Lipinski definition) is 15. The number of aliphatic hydroxyl groups excluding tert-OH is 1. The highest BCUT2D eigenvalue weighted by molar-refractivity contribution is 14.1. The summed E-state index contributed by atoms with van der Waals surface area (Å²) in [5.74, 6) is -2.24. The third-order valence-electron chi connectivity index (χ3n) is 13.3. The zero-order valence-corrected chi connectivity index (χ0v) is 46.3. The van der Waals surface area contributed by atoms with Crippen LogP contribution in [0.4, 0.5) is 16.2 Å². The number of hydrazine groups is 1. The number of allylic oxidation sites excluding steroid dienone is 4. The van der Waals surface area contributed by atoms with Crippen molar-refractivity contribution in [2.45, 2.75) is 104 Å². The van der Waals surface area contributed by atoms with Crippen LogP contribution in [0, 0.1) is 12.8 Å². The highest BCUT2D eigenvalue weighted by Crippen LogP contribution is 2.42. The topological polar surface area (TPSA) is 247 Å². The molecule has 0 aromatic heterocycles. The second kappa shape index (κ2) is 26.2. The Balaban J connectivity index is 0.985. The molecule has 5 atom stereocenters. The Labute approximate surface area is 461 Å². The molecule has 1 unspecified atom stereocenters. The van der Waals surface area contributed by atoms with Gasteiger partial charge in [0.05, 0.1) is 78.0 Å². The summed E-state index contributed by atoms with van der Waals surface area (Å²) in [5, 5.41) is 17.5. The van der Waals surface area contributed by atoms with E-state index < -0.39 is 53.8 Å². The standard InChI is InChI=1S/C56H65IN8O12/c1-8-11-37-20-39-27-59-42-23-45(33(5)19-40(42)53(70)63(39)29-37)75-17-10-18-76-47-24-43-41(22-46(47)74-7)54(71)64-30-38(12-9-2)21-44(64)55(72)65(43)56(73)77-31-36-15-13-35(14-16-36)26-58-34(6)51(68)52(69)50(32(3)4)62-61-49(67)28-60-48(66)25-57/h8-9,11-16,19,22-24,27,29-30,32,34,39,44,50,55,58,62,72H,10,17-18,20-21,25-26,28,31H2,1-7H3,(H,60,66)(H,61,67)/b11-8+,12-9+/t34?,39-,44-,50-,55-/m0/s1. The number of carbonyl (C=O) groups is 7. The van der Waals surface area contributed by atoms with Crippen LogP contribution in [0.3, 0.4) is 0 Å². The summed E-state index contributed by atoms with van der Waals surface area (Å²) in [6, 6.07) is 10.7. The molecule has 3 aromatic rings. The van der Waals surface area contributed by atoms with Gasteiger partial charge in [-0.1, -0.05) is 85.0 Å². The van der Waals surface area contributed by atoms with Gasteiger partial charge in [0.15, 0.2) is 17.7 Å². The Morgan fingerprint density at radius 2 is 1.49 bits per heavy atom. The van der Waals surface area contributed by atoms with E-state index in [9.17, 15) is 38.7 Å². The number of amides is 5. The van der Waals surface area contributed by atoms with Crippen molar-refractivity contribution in [3.8, 4) is 17.2 Å². The molecule has 0 saturated heterocycles. The maximum atomic E-state index is 14.3. The molecule has 21 heteroatoms. The SMILES string of the molecule is C/C=C/C1=CN2C(=O)c3cc(C)c(OCCCOc4cc5c(cc4OC)C(=O)N4C=C(/C=C/C)C[C@H]4[C@H](O)N5C(=O)OCc4ccc(CNC(C)C(=O)C(=O)[C@@H](NNC(=O)CNC(=O)CI)C(C)C)cc4)cc3N=C[C@@H]2C1. The highest BCUT2D eigenvalue weighted by Gasteiger charge is 2.45. The molecule has 0 aliphatic carbocycles. The van der Waals surface area contributed by atoms with Crippen molar-refractivity contribution in [2.75, 3.05) is 36.2 Å². The fraction of sp³-hybridized carbons (Fsp3) is 0.393. The fourth-order valence-corrected chi connectivity index (χ4v) is 9.40. The van der Waals surface area contributed by atoms with Crippen molar-refractivity contribution >= 4 is 81.5 Å². The second-order valence-corrected chi connectivity index (χ2v) is 19.9. The summed E-state index contributed by atoms with van der Waals surface area (Å²) in [7, 11) is 1.44. The summed E-state index contributed by atoms with van der Waals surface area (Å²) in [4.78, 5) is 101. The minimum absolute atomic E-state index is 0.0561. The number of nitrogens with one attached hydrogen (secondary N) is 4. The number of anilines is 1. The van der Waals surface area contributed by atoms with Crippen LogP contribution in [-0.2, 0) is 37.1 Å². The average Bonchev–Trinajstić information content (AvgIpc) is 4.11. The van der Waals surface area contributed by atoms with E-state index in [-0.39, 0.29) is 90.3 Å². The number of hydrogen-bond donors (Lipinski definition) is 5. The molecular formula is C56H65IN8O12. The maximum absolute atomic E-state index is 14.3. The van der Waals surface area contributed by atoms with Crippen molar-refractivity contribution in [1.29, 1.82) is 0 Å². The van der Waals surface area contributed by atoms with Gasteiger partial charge >= 0.3 is 6.09 Å². The van der Waals surface area contributed by atoms with Crippen LogP contribution >= 0.6 is 22.6 Å². The van der Waals surface area contributed by atoms with Gasteiger partial charge in [-0.3, -0.25) is 39.2 Å². The zero-order chi connectivity index (χ0) is 55.5. The third-order valence-corrected chi connectivity index (χ3v) is 13.9. The summed E-state index contributed by atoms with van der Waals surface area (Å²) >= 11 is 1.87. The molecule has 4 heterocycles. The van der Waals surface area contributed by atoms with Crippen molar-refractivity contribution in [3.05, 3.63) is 124 Å². The molecule has 0 saturated carbocycles. The molecular weight excluding hydrogens is 1100 g/mol. The number of fused-ring (bicyclic) bond motifs is 4. The lowest BCUT2D eigenvalue weighted by atomic mass is 9.95. The van der Waals surface area contributed by atoms with E-state index in [4.69, 9.17) is 18.9 Å². The lowest BCUT2D eigenvalue weighted by molar-refractivity contribution is -0.140. The normalized spacial score (nSPS) is 18.4. The number of methoxy groups -OCH3 is 1. The molecule has 0 radical (unpaired) electrons. The van der Waals surface area contributed by atoms with Crippen LogP contribution in [0.1, 0.15) is 91.3 Å². The van der Waals surface area contributed by atoms with E-state index in [1.165, 1.54) is 24.1 Å². The predicted octanol–water partition coefficient (Wildman–Crippen LogP) is 6.20. The maximum Gasteiger partial charge on any atom is 0.416 e. The van der Waals surface area contributed by atoms with E-state index in [0.29, 0.717) is 35.4 Å².